The predicted octanol–water partition coefficient (Wildman–Crippen LogP) is 2.40. The maximum Gasteiger partial charge on any atom is 0.236 e. The van der Waals surface area contributed by atoms with Crippen LogP contribution in [-0.2, 0) is 16.0 Å². The Hall–Kier alpha value is -2.62. The molecule has 22 heavy (non-hydrogen) atoms. The number of carbonyl (C=O) groups excluding carboxylic acids is 2. The summed E-state index contributed by atoms with van der Waals surface area (Å²) in [6, 6.07) is 19.2. The highest BCUT2D eigenvalue weighted by atomic mass is 16.2. The molecule has 0 heterocycles. The van der Waals surface area contributed by atoms with E-state index in [2.05, 4.69) is 5.32 Å². The minimum atomic E-state index is -0.247. The molecule has 1 N–H and O–H groups in total. The van der Waals surface area contributed by atoms with Crippen LogP contribution >= 0.6 is 0 Å². The van der Waals surface area contributed by atoms with Gasteiger partial charge in [0.2, 0.25) is 11.8 Å². The first kappa shape index (κ1) is 15.8. The molecule has 0 aliphatic heterocycles. The van der Waals surface area contributed by atoms with E-state index in [1.807, 2.05) is 60.7 Å². The minimum absolute atomic E-state index is 0.139. The summed E-state index contributed by atoms with van der Waals surface area (Å²) in [5.41, 5.74) is 1.94. The summed E-state index contributed by atoms with van der Waals surface area (Å²) < 4.78 is 0. The van der Waals surface area contributed by atoms with Gasteiger partial charge in [-0.1, -0.05) is 48.5 Å². The lowest BCUT2D eigenvalue weighted by molar-refractivity contribution is -0.127. The van der Waals surface area contributed by atoms with Gasteiger partial charge in [-0.25, -0.2) is 0 Å². The minimum Gasteiger partial charge on any atom is -0.355 e. The van der Waals surface area contributed by atoms with E-state index in [4.69, 9.17) is 0 Å². The van der Waals surface area contributed by atoms with Crippen molar-refractivity contribution in [1.29, 1.82) is 0 Å². The van der Waals surface area contributed by atoms with Crippen molar-refractivity contribution >= 4 is 17.5 Å². The number of nitrogens with zero attached hydrogens (tertiary/aromatic N) is 1. The number of rotatable bonds is 6. The van der Waals surface area contributed by atoms with Gasteiger partial charge in [-0.05, 0) is 24.1 Å². The Morgan fingerprint density at radius 3 is 2.18 bits per heavy atom. The van der Waals surface area contributed by atoms with Crippen molar-refractivity contribution in [3.8, 4) is 0 Å². The largest absolute Gasteiger partial charge is 0.355 e. The molecule has 0 radical (unpaired) electrons. The molecule has 4 nitrogen and oxygen atoms in total. The highest BCUT2D eigenvalue weighted by Crippen LogP contribution is 2.11. The fourth-order valence-electron chi connectivity index (χ4n) is 2.10. The van der Waals surface area contributed by atoms with Gasteiger partial charge in [0, 0.05) is 19.3 Å². The average Bonchev–Trinajstić information content (AvgIpc) is 2.56. The lowest BCUT2D eigenvalue weighted by atomic mass is 10.1. The first-order valence-corrected chi connectivity index (χ1v) is 7.29. The van der Waals surface area contributed by atoms with Crippen molar-refractivity contribution in [2.45, 2.75) is 12.8 Å². The van der Waals surface area contributed by atoms with E-state index >= 15 is 0 Å². The monoisotopic (exact) mass is 296 g/mol. The molecule has 0 aliphatic carbocycles. The van der Waals surface area contributed by atoms with Crippen LogP contribution in [0.1, 0.15) is 12.0 Å². The van der Waals surface area contributed by atoms with Crippen molar-refractivity contribution in [3.63, 3.8) is 0 Å². The quantitative estimate of drug-likeness (QED) is 0.832. The third kappa shape index (κ3) is 4.74. The van der Waals surface area contributed by atoms with Crippen LogP contribution in [0.5, 0.6) is 0 Å². The first-order valence-electron chi connectivity index (χ1n) is 7.29. The lowest BCUT2D eigenvalue weighted by Gasteiger charge is -2.17. The van der Waals surface area contributed by atoms with Gasteiger partial charge in [0.1, 0.15) is 6.42 Å². The lowest BCUT2D eigenvalue weighted by Crippen LogP contribution is -2.34. The Labute approximate surface area is 130 Å². The second-order valence-electron chi connectivity index (χ2n) is 5.05. The number of amides is 2. The Balaban J connectivity index is 1.76. The maximum atomic E-state index is 12.1. The van der Waals surface area contributed by atoms with Crippen LogP contribution in [0.15, 0.2) is 60.7 Å². The molecule has 2 aromatic rings. The second-order valence-corrected chi connectivity index (χ2v) is 5.05. The zero-order chi connectivity index (χ0) is 15.8. The van der Waals surface area contributed by atoms with Crippen LogP contribution in [0.3, 0.4) is 0 Å². The van der Waals surface area contributed by atoms with Crippen LogP contribution in [0.25, 0.3) is 0 Å². The van der Waals surface area contributed by atoms with Gasteiger partial charge in [-0.3, -0.25) is 9.59 Å². The number of carbonyl (C=O) groups is 2. The van der Waals surface area contributed by atoms with Gasteiger partial charge in [-0.2, -0.15) is 0 Å². The number of hydrogen-bond donors (Lipinski definition) is 1. The average molecular weight is 296 g/mol. The van der Waals surface area contributed by atoms with Crippen LogP contribution in [0, 0.1) is 0 Å². The number of anilines is 1. The summed E-state index contributed by atoms with van der Waals surface area (Å²) in [6.45, 7) is 0.533. The zero-order valence-electron chi connectivity index (χ0n) is 12.7. The van der Waals surface area contributed by atoms with E-state index in [1.165, 1.54) is 4.90 Å². The maximum absolute atomic E-state index is 12.1. The van der Waals surface area contributed by atoms with E-state index in [0.717, 1.165) is 17.7 Å². The summed E-state index contributed by atoms with van der Waals surface area (Å²) in [5, 5.41) is 2.78. The van der Waals surface area contributed by atoms with Crippen molar-refractivity contribution in [2.75, 3.05) is 18.5 Å². The Morgan fingerprint density at radius 1 is 0.955 bits per heavy atom. The van der Waals surface area contributed by atoms with Crippen LogP contribution < -0.4 is 10.2 Å². The van der Waals surface area contributed by atoms with Crippen molar-refractivity contribution < 1.29 is 9.59 Å². The van der Waals surface area contributed by atoms with Gasteiger partial charge in [-0.15, -0.1) is 0 Å². The SMILES string of the molecule is CN(C(=O)CC(=O)NCCc1ccccc1)c1ccccc1. The Morgan fingerprint density at radius 2 is 1.55 bits per heavy atom. The molecule has 0 aliphatic rings. The Kier molecular flexibility index (Phi) is 5.72. The van der Waals surface area contributed by atoms with Gasteiger partial charge in [0.25, 0.3) is 0 Å². The van der Waals surface area contributed by atoms with Crippen LogP contribution in [0.2, 0.25) is 0 Å². The molecule has 4 heteroatoms. The smallest absolute Gasteiger partial charge is 0.236 e. The van der Waals surface area contributed by atoms with Gasteiger partial charge in [0.05, 0.1) is 0 Å². The van der Waals surface area contributed by atoms with E-state index in [-0.39, 0.29) is 18.2 Å². The molecule has 2 aromatic carbocycles. The molecule has 2 rings (SSSR count). The second kappa shape index (κ2) is 7.98. The standard InChI is InChI=1S/C18H20N2O2/c1-20(16-10-6-3-7-11-16)18(22)14-17(21)19-13-12-15-8-4-2-5-9-15/h2-11H,12-14H2,1H3,(H,19,21). The van der Waals surface area contributed by atoms with E-state index in [1.54, 1.807) is 7.05 Å². The summed E-state index contributed by atoms with van der Waals surface area (Å²) >= 11 is 0. The topological polar surface area (TPSA) is 49.4 Å². The van der Waals surface area contributed by atoms with Gasteiger partial charge >= 0.3 is 0 Å². The molecule has 0 bridgehead atoms. The summed E-state index contributed by atoms with van der Waals surface area (Å²) in [4.78, 5) is 25.4. The summed E-state index contributed by atoms with van der Waals surface area (Å²) in [7, 11) is 1.68. The molecule has 0 aromatic heterocycles. The molecule has 2 amide bonds. The molecule has 114 valence electrons. The summed E-state index contributed by atoms with van der Waals surface area (Å²) in [5.74, 6) is -0.466. The van der Waals surface area contributed by atoms with Crippen molar-refractivity contribution in [3.05, 3.63) is 66.2 Å². The molecular weight excluding hydrogens is 276 g/mol. The number of hydrogen-bond acceptors (Lipinski definition) is 2. The fraction of sp³-hybridized carbons (Fsp3) is 0.222. The number of nitrogens with one attached hydrogen (secondary N) is 1. The number of benzene rings is 2. The first-order chi connectivity index (χ1) is 10.7. The van der Waals surface area contributed by atoms with Gasteiger partial charge in [0.15, 0.2) is 0 Å². The fourth-order valence-corrected chi connectivity index (χ4v) is 2.10. The predicted molar refractivity (Wildman–Crippen MR) is 87.6 cm³/mol. The highest BCUT2D eigenvalue weighted by Gasteiger charge is 2.14. The number of para-hydroxylation sites is 1. The van der Waals surface area contributed by atoms with Crippen molar-refractivity contribution in [1.82, 2.24) is 5.32 Å². The molecule has 0 atom stereocenters. The zero-order valence-corrected chi connectivity index (χ0v) is 12.7. The van der Waals surface area contributed by atoms with Crippen molar-refractivity contribution in [2.24, 2.45) is 0 Å². The van der Waals surface area contributed by atoms with Gasteiger partial charge < -0.3 is 10.2 Å². The molecule has 0 saturated carbocycles. The third-order valence-electron chi connectivity index (χ3n) is 3.41. The Bertz CT molecular complexity index is 611. The highest BCUT2D eigenvalue weighted by molar-refractivity contribution is 6.04. The molecular formula is C18H20N2O2. The van der Waals surface area contributed by atoms with Crippen LogP contribution in [-0.4, -0.2) is 25.4 Å². The molecule has 0 saturated heterocycles. The normalized spacial score (nSPS) is 10.0. The van der Waals surface area contributed by atoms with E-state index in [9.17, 15) is 9.59 Å². The molecule has 0 unspecified atom stereocenters. The van der Waals surface area contributed by atoms with E-state index < -0.39 is 0 Å². The van der Waals surface area contributed by atoms with E-state index in [0.29, 0.717) is 6.54 Å². The summed E-state index contributed by atoms with van der Waals surface area (Å²) in [6.07, 6.45) is 0.621. The molecule has 0 spiro atoms. The molecule has 0 fully saturated rings. The third-order valence-corrected chi connectivity index (χ3v) is 3.41. The van der Waals surface area contributed by atoms with Crippen LogP contribution in [0.4, 0.5) is 5.69 Å².